The van der Waals surface area contributed by atoms with Crippen LogP contribution in [0.25, 0.3) is 11.3 Å². The van der Waals surface area contributed by atoms with Crippen LogP contribution in [0.2, 0.25) is 0 Å². The molecule has 1 heterocycles. The minimum absolute atomic E-state index is 0.711. The van der Waals surface area contributed by atoms with E-state index < -0.39 is 0 Å². The summed E-state index contributed by atoms with van der Waals surface area (Å²) in [5.41, 5.74) is 4.36. The number of hydrogen-bond acceptors (Lipinski definition) is 3. The highest BCUT2D eigenvalue weighted by Gasteiger charge is 2.12. The average Bonchev–Trinajstić information content (AvgIpc) is 3.00. The van der Waals surface area contributed by atoms with Gasteiger partial charge in [-0.25, -0.2) is 0 Å². The van der Waals surface area contributed by atoms with Gasteiger partial charge in [-0.2, -0.15) is 15.0 Å². The van der Waals surface area contributed by atoms with Gasteiger partial charge in [0.25, 0.3) is 0 Å². The van der Waals surface area contributed by atoms with Gasteiger partial charge >= 0.3 is 0 Å². The number of benzene rings is 2. The SMILES string of the molecule is CCCn1nc(CNCc2ccccc2)c(-c2ccccc2)n1. The van der Waals surface area contributed by atoms with E-state index >= 15 is 0 Å². The van der Waals surface area contributed by atoms with Gasteiger partial charge in [0.2, 0.25) is 0 Å². The van der Waals surface area contributed by atoms with E-state index in [2.05, 4.69) is 58.8 Å². The van der Waals surface area contributed by atoms with Gasteiger partial charge in [0.05, 0.1) is 6.54 Å². The molecule has 0 radical (unpaired) electrons. The van der Waals surface area contributed by atoms with Crippen molar-refractivity contribution in [3.63, 3.8) is 0 Å². The topological polar surface area (TPSA) is 42.7 Å². The quantitative estimate of drug-likeness (QED) is 0.724. The summed E-state index contributed by atoms with van der Waals surface area (Å²) in [5.74, 6) is 0. The summed E-state index contributed by atoms with van der Waals surface area (Å²) in [6, 6.07) is 20.7. The lowest BCUT2D eigenvalue weighted by Gasteiger charge is -2.04. The first-order valence-corrected chi connectivity index (χ1v) is 8.11. The molecule has 0 bridgehead atoms. The highest BCUT2D eigenvalue weighted by molar-refractivity contribution is 5.60. The lowest BCUT2D eigenvalue weighted by Crippen LogP contribution is -2.14. The molecule has 3 rings (SSSR count). The second-order valence-electron chi connectivity index (χ2n) is 5.55. The summed E-state index contributed by atoms with van der Waals surface area (Å²) in [4.78, 5) is 1.81. The summed E-state index contributed by atoms with van der Waals surface area (Å²) in [6.07, 6.45) is 1.03. The Morgan fingerprint density at radius 2 is 1.57 bits per heavy atom. The fourth-order valence-corrected chi connectivity index (χ4v) is 2.54. The third-order valence-corrected chi connectivity index (χ3v) is 3.66. The molecule has 0 atom stereocenters. The lowest BCUT2D eigenvalue weighted by molar-refractivity contribution is 0.521. The number of rotatable bonds is 7. The minimum atomic E-state index is 0.711. The van der Waals surface area contributed by atoms with Crippen molar-refractivity contribution in [1.29, 1.82) is 0 Å². The molecular weight excluding hydrogens is 284 g/mol. The van der Waals surface area contributed by atoms with Crippen LogP contribution < -0.4 is 5.32 Å². The third-order valence-electron chi connectivity index (χ3n) is 3.66. The van der Waals surface area contributed by atoms with E-state index in [1.165, 1.54) is 5.56 Å². The molecular formula is C19H22N4. The standard InChI is InChI=1S/C19H22N4/c1-2-13-23-21-18(15-20-14-16-9-5-3-6-10-16)19(22-23)17-11-7-4-8-12-17/h3-12,20H,2,13-15H2,1H3. The summed E-state index contributed by atoms with van der Waals surface area (Å²) in [7, 11) is 0. The molecule has 0 aliphatic heterocycles. The normalized spacial score (nSPS) is 10.8. The zero-order chi connectivity index (χ0) is 15.9. The lowest BCUT2D eigenvalue weighted by atomic mass is 10.1. The molecule has 1 N–H and O–H groups in total. The molecule has 0 unspecified atom stereocenters. The zero-order valence-corrected chi connectivity index (χ0v) is 13.4. The molecule has 2 aromatic carbocycles. The van der Waals surface area contributed by atoms with Crippen LogP contribution in [-0.2, 0) is 19.6 Å². The number of hydrogen-bond donors (Lipinski definition) is 1. The van der Waals surface area contributed by atoms with Gasteiger partial charge in [-0.05, 0) is 12.0 Å². The molecule has 4 heteroatoms. The van der Waals surface area contributed by atoms with Crippen LogP contribution in [0, 0.1) is 0 Å². The zero-order valence-electron chi connectivity index (χ0n) is 13.4. The van der Waals surface area contributed by atoms with Crippen molar-refractivity contribution in [1.82, 2.24) is 20.3 Å². The smallest absolute Gasteiger partial charge is 0.117 e. The number of aryl methyl sites for hydroxylation is 1. The molecule has 3 aromatic rings. The van der Waals surface area contributed by atoms with Crippen LogP contribution >= 0.6 is 0 Å². The Hall–Kier alpha value is -2.46. The van der Waals surface area contributed by atoms with E-state index in [9.17, 15) is 0 Å². The Morgan fingerprint density at radius 3 is 2.26 bits per heavy atom. The Labute approximate surface area is 137 Å². The second-order valence-corrected chi connectivity index (χ2v) is 5.55. The van der Waals surface area contributed by atoms with E-state index in [0.29, 0.717) is 6.54 Å². The predicted molar refractivity (Wildman–Crippen MR) is 92.7 cm³/mol. The summed E-state index contributed by atoms with van der Waals surface area (Å²) in [5, 5.41) is 12.8. The third kappa shape index (κ3) is 4.05. The molecule has 1 aromatic heterocycles. The molecule has 118 valence electrons. The van der Waals surface area contributed by atoms with Crippen molar-refractivity contribution in [3.05, 3.63) is 71.9 Å². The van der Waals surface area contributed by atoms with Crippen LogP contribution in [0.3, 0.4) is 0 Å². The Bertz CT molecular complexity index is 720. The highest BCUT2D eigenvalue weighted by atomic mass is 15.5. The van der Waals surface area contributed by atoms with E-state index in [4.69, 9.17) is 0 Å². The van der Waals surface area contributed by atoms with Gasteiger partial charge in [-0.1, -0.05) is 67.6 Å². The second kappa shape index (κ2) is 7.70. The number of nitrogens with zero attached hydrogens (tertiary/aromatic N) is 3. The van der Waals surface area contributed by atoms with Crippen molar-refractivity contribution in [2.24, 2.45) is 0 Å². The van der Waals surface area contributed by atoms with Crippen LogP contribution in [0.5, 0.6) is 0 Å². The summed E-state index contributed by atoms with van der Waals surface area (Å²) in [6.45, 7) is 4.52. The van der Waals surface area contributed by atoms with Crippen LogP contribution in [0.4, 0.5) is 0 Å². The maximum Gasteiger partial charge on any atom is 0.117 e. The van der Waals surface area contributed by atoms with Crippen molar-refractivity contribution >= 4 is 0 Å². The fourth-order valence-electron chi connectivity index (χ4n) is 2.54. The molecule has 0 spiro atoms. The van der Waals surface area contributed by atoms with Crippen molar-refractivity contribution < 1.29 is 0 Å². The Balaban J connectivity index is 1.74. The minimum Gasteiger partial charge on any atom is -0.307 e. The molecule has 4 nitrogen and oxygen atoms in total. The largest absolute Gasteiger partial charge is 0.307 e. The van der Waals surface area contributed by atoms with Crippen LogP contribution in [0.1, 0.15) is 24.6 Å². The highest BCUT2D eigenvalue weighted by Crippen LogP contribution is 2.20. The van der Waals surface area contributed by atoms with E-state index in [1.54, 1.807) is 0 Å². The van der Waals surface area contributed by atoms with E-state index in [1.807, 2.05) is 29.1 Å². The average molecular weight is 306 g/mol. The molecule has 0 fully saturated rings. The Kier molecular flexibility index (Phi) is 5.17. The monoisotopic (exact) mass is 306 g/mol. The molecule has 23 heavy (non-hydrogen) atoms. The van der Waals surface area contributed by atoms with E-state index in [0.717, 1.165) is 36.5 Å². The fraction of sp³-hybridized carbons (Fsp3) is 0.263. The molecule has 0 saturated heterocycles. The molecule has 0 saturated carbocycles. The molecule has 0 aliphatic rings. The van der Waals surface area contributed by atoms with Crippen LogP contribution in [0.15, 0.2) is 60.7 Å². The maximum absolute atomic E-state index is 4.66. The van der Waals surface area contributed by atoms with Gasteiger partial charge in [0.1, 0.15) is 11.4 Å². The van der Waals surface area contributed by atoms with Gasteiger partial charge in [0, 0.05) is 18.7 Å². The predicted octanol–water partition coefficient (Wildman–Crippen LogP) is 3.64. The molecule has 0 aliphatic carbocycles. The number of aromatic nitrogens is 3. The Morgan fingerprint density at radius 1 is 0.870 bits per heavy atom. The van der Waals surface area contributed by atoms with Crippen molar-refractivity contribution in [3.8, 4) is 11.3 Å². The van der Waals surface area contributed by atoms with Gasteiger partial charge in [-0.15, -0.1) is 0 Å². The first-order chi connectivity index (χ1) is 11.4. The van der Waals surface area contributed by atoms with Gasteiger partial charge in [-0.3, -0.25) is 0 Å². The first-order valence-electron chi connectivity index (χ1n) is 8.11. The van der Waals surface area contributed by atoms with Crippen molar-refractivity contribution in [2.75, 3.05) is 0 Å². The summed E-state index contributed by atoms with van der Waals surface area (Å²) >= 11 is 0. The van der Waals surface area contributed by atoms with E-state index in [-0.39, 0.29) is 0 Å². The van der Waals surface area contributed by atoms with Gasteiger partial charge < -0.3 is 5.32 Å². The molecule has 0 amide bonds. The maximum atomic E-state index is 4.66. The van der Waals surface area contributed by atoms with Crippen molar-refractivity contribution in [2.45, 2.75) is 33.0 Å². The van der Waals surface area contributed by atoms with Gasteiger partial charge in [0.15, 0.2) is 0 Å². The summed E-state index contributed by atoms with van der Waals surface area (Å²) < 4.78 is 0. The number of nitrogens with one attached hydrogen (secondary N) is 1. The first kappa shape index (κ1) is 15.4. The van der Waals surface area contributed by atoms with Crippen LogP contribution in [-0.4, -0.2) is 15.0 Å².